The molecule has 0 aliphatic heterocycles. The molecule has 0 aromatic carbocycles. The molecule has 4 nitrogen and oxygen atoms in total. The van der Waals surface area contributed by atoms with Crippen molar-refractivity contribution in [3.63, 3.8) is 0 Å². The van der Waals surface area contributed by atoms with E-state index in [9.17, 15) is 9.59 Å². The summed E-state index contributed by atoms with van der Waals surface area (Å²) >= 11 is 0. The molecule has 0 aliphatic rings. The zero-order valence-electron chi connectivity index (χ0n) is 39.2. The third-order valence-corrected chi connectivity index (χ3v) is 11.5. The third kappa shape index (κ3) is 55.0. The Balaban J connectivity index is 0. The lowest BCUT2D eigenvalue weighted by atomic mass is 10.0. The van der Waals surface area contributed by atoms with Crippen LogP contribution < -0.4 is 0 Å². The fourth-order valence-electron chi connectivity index (χ4n) is 7.56. The SMILES string of the molecule is CCCCCCCCCCCCCCCCCCOC(=O)CCCCCCCC.CCCCCCCCCCCCCCCCOC(=O)CCCCCCCC. The van der Waals surface area contributed by atoms with Crippen molar-refractivity contribution in [2.24, 2.45) is 0 Å². The van der Waals surface area contributed by atoms with Crippen molar-refractivity contribution in [3.05, 3.63) is 0 Å². The van der Waals surface area contributed by atoms with Crippen LogP contribution in [0.2, 0.25) is 0 Å². The van der Waals surface area contributed by atoms with Crippen LogP contribution in [0.15, 0.2) is 0 Å². The highest BCUT2D eigenvalue weighted by Gasteiger charge is 2.04. The van der Waals surface area contributed by atoms with Crippen LogP contribution in [0.25, 0.3) is 0 Å². The molecule has 0 heterocycles. The normalized spacial score (nSPS) is 11.1. The zero-order chi connectivity index (χ0) is 41.1. The largest absolute Gasteiger partial charge is 0.466 e. The first-order valence-corrected chi connectivity index (χ1v) is 25.9. The predicted octanol–water partition coefficient (Wildman–Crippen LogP) is 18.3. The average molecular weight is 793 g/mol. The van der Waals surface area contributed by atoms with Gasteiger partial charge in [-0.25, -0.2) is 0 Å². The molecule has 0 radical (unpaired) electrons. The molecular weight excluding hydrogens is 689 g/mol. The summed E-state index contributed by atoms with van der Waals surface area (Å²) in [6, 6.07) is 0. The molecule has 0 bridgehead atoms. The van der Waals surface area contributed by atoms with Crippen molar-refractivity contribution in [2.45, 2.75) is 310 Å². The van der Waals surface area contributed by atoms with Gasteiger partial charge in [0, 0.05) is 12.8 Å². The smallest absolute Gasteiger partial charge is 0.305 e. The summed E-state index contributed by atoms with van der Waals surface area (Å²) in [6.45, 7) is 10.3. The molecule has 0 atom stereocenters. The second-order valence-corrected chi connectivity index (χ2v) is 17.4. The van der Waals surface area contributed by atoms with Crippen LogP contribution in [0.4, 0.5) is 0 Å². The number of carbonyl (C=O) groups is 2. The number of hydrogen-bond acceptors (Lipinski definition) is 4. The van der Waals surface area contributed by atoms with Gasteiger partial charge in [0.25, 0.3) is 0 Å². The number of rotatable bonds is 46. The number of unbranched alkanes of at least 4 members (excludes halogenated alkanes) is 38. The van der Waals surface area contributed by atoms with E-state index in [1.165, 1.54) is 244 Å². The molecule has 4 heteroatoms. The Kier molecular flexibility index (Phi) is 54.9. The maximum absolute atomic E-state index is 11.7. The number of carbonyl (C=O) groups excluding carboxylic acids is 2. The minimum absolute atomic E-state index is 0.0141. The van der Waals surface area contributed by atoms with E-state index in [1.54, 1.807) is 0 Å². The summed E-state index contributed by atoms with van der Waals surface area (Å²) < 4.78 is 10.7. The van der Waals surface area contributed by atoms with E-state index in [2.05, 4.69) is 27.7 Å². The Hall–Kier alpha value is -1.06. The van der Waals surface area contributed by atoms with Gasteiger partial charge in [0.1, 0.15) is 0 Å². The monoisotopic (exact) mass is 793 g/mol. The second kappa shape index (κ2) is 53.9. The van der Waals surface area contributed by atoms with Gasteiger partial charge in [-0.15, -0.1) is 0 Å². The Labute approximate surface area is 353 Å². The first kappa shape index (κ1) is 57.0. The zero-order valence-corrected chi connectivity index (χ0v) is 39.2. The van der Waals surface area contributed by atoms with Crippen molar-refractivity contribution < 1.29 is 19.1 Å². The van der Waals surface area contributed by atoms with E-state index >= 15 is 0 Å². The molecule has 0 unspecified atom stereocenters. The van der Waals surface area contributed by atoms with Gasteiger partial charge in [0.2, 0.25) is 0 Å². The van der Waals surface area contributed by atoms with Crippen molar-refractivity contribution in [1.29, 1.82) is 0 Å². The molecule has 0 aliphatic carbocycles. The summed E-state index contributed by atoms with van der Waals surface area (Å²) in [7, 11) is 0. The molecule has 0 saturated heterocycles. The molecule has 0 saturated carbocycles. The van der Waals surface area contributed by atoms with E-state index in [0.29, 0.717) is 26.1 Å². The molecule has 0 aromatic rings. The highest BCUT2D eigenvalue weighted by Crippen LogP contribution is 2.16. The van der Waals surface area contributed by atoms with Gasteiger partial charge in [-0.1, -0.05) is 272 Å². The summed E-state index contributed by atoms with van der Waals surface area (Å²) in [5.41, 5.74) is 0. The van der Waals surface area contributed by atoms with E-state index in [0.717, 1.165) is 25.7 Å². The van der Waals surface area contributed by atoms with Crippen molar-refractivity contribution in [2.75, 3.05) is 13.2 Å². The maximum Gasteiger partial charge on any atom is 0.305 e. The van der Waals surface area contributed by atoms with Gasteiger partial charge in [-0.05, 0) is 25.7 Å². The Bertz CT molecular complexity index is 722. The number of ether oxygens (including phenoxy) is 2. The summed E-state index contributed by atoms with van der Waals surface area (Å²) in [5, 5.41) is 0. The van der Waals surface area contributed by atoms with Gasteiger partial charge in [0.05, 0.1) is 13.2 Å². The topological polar surface area (TPSA) is 52.6 Å². The summed E-state index contributed by atoms with van der Waals surface area (Å²) in [5.74, 6) is 0.0293. The number of hydrogen-bond donors (Lipinski definition) is 0. The van der Waals surface area contributed by atoms with Crippen molar-refractivity contribution in [3.8, 4) is 0 Å². The fraction of sp³-hybridized carbons (Fsp3) is 0.962. The quantitative estimate of drug-likeness (QED) is 0.0455. The predicted molar refractivity (Wildman–Crippen MR) is 248 cm³/mol. The van der Waals surface area contributed by atoms with Crippen LogP contribution in [0.3, 0.4) is 0 Å². The lowest BCUT2D eigenvalue weighted by molar-refractivity contribution is -0.144. The molecule has 336 valence electrons. The second-order valence-electron chi connectivity index (χ2n) is 17.4. The maximum atomic E-state index is 11.7. The van der Waals surface area contributed by atoms with Gasteiger partial charge in [-0.2, -0.15) is 0 Å². The van der Waals surface area contributed by atoms with Gasteiger partial charge < -0.3 is 9.47 Å². The molecule has 0 fully saturated rings. The van der Waals surface area contributed by atoms with Gasteiger partial charge in [0.15, 0.2) is 0 Å². The lowest BCUT2D eigenvalue weighted by Crippen LogP contribution is -2.05. The molecule has 0 spiro atoms. The number of esters is 2. The standard InChI is InChI=1S/C27H54O2.C25H50O2/c1-3-5-7-9-11-12-13-14-15-16-17-18-19-20-22-24-26-29-27(28)25-23-21-10-8-6-4-2;1-3-5-7-9-11-12-13-14-15-16-17-18-20-22-24-27-25(26)23-21-19-10-8-6-4-2/h3-26H2,1-2H3;3-24H2,1-2H3. The van der Waals surface area contributed by atoms with Crippen LogP contribution in [0, 0.1) is 0 Å². The minimum atomic E-state index is 0.0141. The molecule has 0 aromatic heterocycles. The van der Waals surface area contributed by atoms with Crippen molar-refractivity contribution >= 4 is 11.9 Å². The van der Waals surface area contributed by atoms with E-state index in [-0.39, 0.29) is 11.9 Å². The van der Waals surface area contributed by atoms with Crippen LogP contribution in [-0.4, -0.2) is 25.2 Å². The average Bonchev–Trinajstić information content (AvgIpc) is 3.20. The van der Waals surface area contributed by atoms with Crippen LogP contribution >= 0.6 is 0 Å². The Morgan fingerprint density at radius 1 is 0.232 bits per heavy atom. The summed E-state index contributed by atoms with van der Waals surface area (Å²) in [4.78, 5) is 23.3. The molecule has 0 rings (SSSR count). The third-order valence-electron chi connectivity index (χ3n) is 11.5. The van der Waals surface area contributed by atoms with Crippen LogP contribution in [0.5, 0.6) is 0 Å². The summed E-state index contributed by atoms with van der Waals surface area (Å²) in [6.07, 6.45) is 57.0. The molecule has 0 amide bonds. The molecule has 56 heavy (non-hydrogen) atoms. The van der Waals surface area contributed by atoms with Gasteiger partial charge in [-0.3, -0.25) is 9.59 Å². The van der Waals surface area contributed by atoms with Crippen LogP contribution in [0.1, 0.15) is 310 Å². The van der Waals surface area contributed by atoms with E-state index < -0.39 is 0 Å². The van der Waals surface area contributed by atoms with Crippen LogP contribution in [-0.2, 0) is 19.1 Å². The van der Waals surface area contributed by atoms with E-state index in [1.807, 2.05) is 0 Å². The first-order chi connectivity index (χ1) is 27.6. The highest BCUT2D eigenvalue weighted by molar-refractivity contribution is 5.69. The molecular formula is C52H104O4. The van der Waals surface area contributed by atoms with Gasteiger partial charge >= 0.3 is 11.9 Å². The first-order valence-electron chi connectivity index (χ1n) is 25.9. The highest BCUT2D eigenvalue weighted by atomic mass is 16.5. The molecule has 0 N–H and O–H groups in total. The minimum Gasteiger partial charge on any atom is -0.466 e. The van der Waals surface area contributed by atoms with E-state index in [4.69, 9.17) is 9.47 Å². The lowest BCUT2D eigenvalue weighted by Gasteiger charge is -2.05. The Morgan fingerprint density at radius 3 is 0.589 bits per heavy atom. The fourth-order valence-corrected chi connectivity index (χ4v) is 7.56. The Morgan fingerprint density at radius 2 is 0.393 bits per heavy atom. The van der Waals surface area contributed by atoms with Crippen molar-refractivity contribution in [1.82, 2.24) is 0 Å².